The Morgan fingerprint density at radius 1 is 0.917 bits per heavy atom. The van der Waals surface area contributed by atoms with Gasteiger partial charge in [0.1, 0.15) is 0 Å². The quantitative estimate of drug-likeness (QED) is 0.676. The second-order valence-corrected chi connectivity index (χ2v) is 7.24. The fraction of sp³-hybridized carbons (Fsp3) is 0.304. The molecule has 0 amide bonds. The molecule has 0 saturated heterocycles. The maximum atomic E-state index is 2.34. The van der Waals surface area contributed by atoms with Gasteiger partial charge in [-0.1, -0.05) is 69.3 Å². The van der Waals surface area contributed by atoms with Crippen LogP contribution in [0.1, 0.15) is 43.9 Å². The van der Waals surface area contributed by atoms with E-state index in [9.17, 15) is 0 Å². The lowest BCUT2D eigenvalue weighted by Gasteiger charge is -2.23. The van der Waals surface area contributed by atoms with Crippen molar-refractivity contribution in [3.63, 3.8) is 0 Å². The number of allylic oxidation sites excluding steroid dienone is 3. The summed E-state index contributed by atoms with van der Waals surface area (Å²) in [4.78, 5) is 2.13. The largest absolute Gasteiger partial charge is 0.378 e. The van der Waals surface area contributed by atoms with Gasteiger partial charge in [-0.25, -0.2) is 0 Å². The Bertz CT molecular complexity index is 789. The molecule has 2 aromatic carbocycles. The van der Waals surface area contributed by atoms with Crippen molar-refractivity contribution < 1.29 is 0 Å². The highest BCUT2D eigenvalue weighted by atomic mass is 15.1. The average Bonchev–Trinajstić information content (AvgIpc) is 2.80. The Hall–Kier alpha value is -2.28. The average molecular weight is 317 g/mol. The molecule has 0 bridgehead atoms. The first-order valence-corrected chi connectivity index (χ1v) is 8.74. The van der Waals surface area contributed by atoms with E-state index in [1.165, 1.54) is 33.5 Å². The maximum Gasteiger partial charge on any atom is 0.0361 e. The minimum absolute atomic E-state index is 0.0714. The molecule has 1 heteroatoms. The van der Waals surface area contributed by atoms with E-state index in [4.69, 9.17) is 0 Å². The van der Waals surface area contributed by atoms with E-state index in [1.807, 2.05) is 0 Å². The molecule has 1 nitrogen and oxygen atoms in total. The summed E-state index contributed by atoms with van der Waals surface area (Å²) in [5, 5.41) is 0. The van der Waals surface area contributed by atoms with Gasteiger partial charge in [0.25, 0.3) is 0 Å². The normalized spacial score (nSPS) is 15.9. The third-order valence-corrected chi connectivity index (χ3v) is 5.13. The molecule has 0 heterocycles. The summed E-state index contributed by atoms with van der Waals surface area (Å²) in [7, 11) is 4.14. The number of nitrogens with zero attached hydrogens (tertiary/aromatic N) is 1. The molecular formula is C23H27N. The second-order valence-electron chi connectivity index (χ2n) is 7.24. The van der Waals surface area contributed by atoms with Crippen molar-refractivity contribution in [1.29, 1.82) is 0 Å². The molecule has 3 rings (SSSR count). The molecular weight excluding hydrogens is 290 g/mol. The van der Waals surface area contributed by atoms with Crippen molar-refractivity contribution in [1.82, 2.24) is 0 Å². The molecule has 1 aliphatic carbocycles. The lowest BCUT2D eigenvalue weighted by molar-refractivity contribution is 0.654. The number of anilines is 1. The van der Waals surface area contributed by atoms with Crippen molar-refractivity contribution in [2.24, 2.45) is 0 Å². The summed E-state index contributed by atoms with van der Waals surface area (Å²) < 4.78 is 0. The zero-order valence-corrected chi connectivity index (χ0v) is 15.4. The van der Waals surface area contributed by atoms with E-state index in [0.717, 1.165) is 6.42 Å². The first kappa shape index (κ1) is 16.6. The number of hydrogen-bond donors (Lipinski definition) is 0. The van der Waals surface area contributed by atoms with Gasteiger partial charge in [0.15, 0.2) is 0 Å². The summed E-state index contributed by atoms with van der Waals surface area (Å²) in [6.45, 7) is 6.93. The van der Waals surface area contributed by atoms with Crippen LogP contribution in [-0.2, 0) is 5.41 Å². The Kier molecular flexibility index (Phi) is 4.36. The predicted octanol–water partition coefficient (Wildman–Crippen LogP) is 5.92. The molecule has 124 valence electrons. The molecule has 24 heavy (non-hydrogen) atoms. The van der Waals surface area contributed by atoms with E-state index in [1.54, 1.807) is 0 Å². The van der Waals surface area contributed by atoms with Crippen LogP contribution in [0.3, 0.4) is 0 Å². The number of hydrogen-bond acceptors (Lipinski definition) is 1. The van der Waals surface area contributed by atoms with Gasteiger partial charge < -0.3 is 4.90 Å². The number of fused-ring (bicyclic) bond motifs is 1. The van der Waals surface area contributed by atoms with Crippen molar-refractivity contribution >= 4 is 17.3 Å². The van der Waals surface area contributed by atoms with Crippen molar-refractivity contribution in [2.45, 2.75) is 32.6 Å². The molecule has 0 saturated carbocycles. The van der Waals surface area contributed by atoms with Crippen molar-refractivity contribution in [3.8, 4) is 0 Å². The van der Waals surface area contributed by atoms with E-state index in [0.29, 0.717) is 0 Å². The first-order chi connectivity index (χ1) is 11.4. The zero-order chi connectivity index (χ0) is 17.3. The summed E-state index contributed by atoms with van der Waals surface area (Å²) in [6.07, 6.45) is 5.64. The lowest BCUT2D eigenvalue weighted by Crippen LogP contribution is -2.16. The van der Waals surface area contributed by atoms with Crippen LogP contribution in [0, 0.1) is 0 Å². The molecule has 0 aromatic heterocycles. The highest BCUT2D eigenvalue weighted by Crippen LogP contribution is 2.47. The van der Waals surface area contributed by atoms with Gasteiger partial charge >= 0.3 is 0 Å². The molecule has 0 N–H and O–H groups in total. The molecule has 0 aliphatic heterocycles. The lowest BCUT2D eigenvalue weighted by atomic mass is 9.81. The van der Waals surface area contributed by atoms with Crippen LogP contribution >= 0.6 is 0 Å². The van der Waals surface area contributed by atoms with E-state index >= 15 is 0 Å². The SMILES string of the molecule is CCC1=C(C=Cc2ccc(N(C)C)cc2)C(C)(C)c2ccccc21. The highest BCUT2D eigenvalue weighted by molar-refractivity contribution is 5.83. The smallest absolute Gasteiger partial charge is 0.0361 e. The number of benzene rings is 2. The van der Waals surface area contributed by atoms with Crippen LogP contribution in [0.15, 0.2) is 60.2 Å². The number of rotatable bonds is 4. The maximum absolute atomic E-state index is 2.34. The third-order valence-electron chi connectivity index (χ3n) is 5.13. The van der Waals surface area contributed by atoms with E-state index in [-0.39, 0.29) is 5.41 Å². The third kappa shape index (κ3) is 2.80. The summed E-state index contributed by atoms with van der Waals surface area (Å²) in [5.41, 5.74) is 8.35. The van der Waals surface area contributed by atoms with E-state index < -0.39 is 0 Å². The molecule has 0 spiro atoms. The van der Waals surface area contributed by atoms with E-state index in [2.05, 4.69) is 100 Å². The first-order valence-electron chi connectivity index (χ1n) is 8.74. The van der Waals surface area contributed by atoms with Gasteiger partial charge in [0.05, 0.1) is 0 Å². The topological polar surface area (TPSA) is 3.24 Å². The van der Waals surface area contributed by atoms with Gasteiger partial charge in [-0.05, 0) is 46.4 Å². The highest BCUT2D eigenvalue weighted by Gasteiger charge is 2.35. The van der Waals surface area contributed by atoms with Crippen LogP contribution in [0.25, 0.3) is 11.6 Å². The van der Waals surface area contributed by atoms with Gasteiger partial charge in [0.2, 0.25) is 0 Å². The van der Waals surface area contributed by atoms with Gasteiger partial charge in [0, 0.05) is 25.2 Å². The molecule has 0 fully saturated rings. The predicted molar refractivity (Wildman–Crippen MR) is 106 cm³/mol. The van der Waals surface area contributed by atoms with Crippen LogP contribution in [0.4, 0.5) is 5.69 Å². The van der Waals surface area contributed by atoms with Gasteiger partial charge in [-0.2, -0.15) is 0 Å². The fourth-order valence-corrected chi connectivity index (χ4v) is 3.71. The van der Waals surface area contributed by atoms with Crippen LogP contribution in [0.5, 0.6) is 0 Å². The Morgan fingerprint density at radius 3 is 2.21 bits per heavy atom. The standard InChI is InChI=1S/C23H27N/c1-6-19-20-9-7-8-10-21(20)23(2,3)22(19)16-13-17-11-14-18(15-12-17)24(4)5/h7-16H,6H2,1-5H3. The molecule has 2 aromatic rings. The molecule has 0 unspecified atom stereocenters. The second kappa shape index (κ2) is 6.32. The van der Waals surface area contributed by atoms with Crippen molar-refractivity contribution in [3.05, 3.63) is 76.9 Å². The Balaban J connectivity index is 1.96. The molecule has 0 atom stereocenters. The summed E-state index contributed by atoms with van der Waals surface area (Å²) in [6, 6.07) is 17.6. The molecule has 0 radical (unpaired) electrons. The zero-order valence-electron chi connectivity index (χ0n) is 15.4. The van der Waals surface area contributed by atoms with Crippen LogP contribution in [0.2, 0.25) is 0 Å². The Labute approximate surface area is 146 Å². The minimum Gasteiger partial charge on any atom is -0.378 e. The van der Waals surface area contributed by atoms with Gasteiger partial charge in [-0.15, -0.1) is 0 Å². The fourth-order valence-electron chi connectivity index (χ4n) is 3.71. The Morgan fingerprint density at radius 2 is 1.58 bits per heavy atom. The summed E-state index contributed by atoms with van der Waals surface area (Å²) in [5.74, 6) is 0. The molecule has 1 aliphatic rings. The monoisotopic (exact) mass is 317 g/mol. The summed E-state index contributed by atoms with van der Waals surface area (Å²) >= 11 is 0. The van der Waals surface area contributed by atoms with Crippen molar-refractivity contribution in [2.75, 3.05) is 19.0 Å². The van der Waals surface area contributed by atoms with Gasteiger partial charge in [-0.3, -0.25) is 0 Å². The van der Waals surface area contributed by atoms with Crippen LogP contribution < -0.4 is 4.90 Å². The minimum atomic E-state index is 0.0714. The van der Waals surface area contributed by atoms with Crippen LogP contribution in [-0.4, -0.2) is 14.1 Å².